The van der Waals surface area contributed by atoms with Gasteiger partial charge in [0, 0.05) is 24.9 Å². The Balaban J connectivity index is 1.38. The molecule has 1 aromatic rings. The Kier molecular flexibility index (Phi) is 6.84. The Morgan fingerprint density at radius 2 is 1.72 bits per heavy atom. The van der Waals surface area contributed by atoms with Crippen LogP contribution in [0, 0.1) is 11.8 Å². The van der Waals surface area contributed by atoms with Crippen molar-refractivity contribution in [2.24, 2.45) is 11.8 Å². The molecule has 2 aliphatic rings. The van der Waals surface area contributed by atoms with Crippen molar-refractivity contribution in [3.8, 4) is 0 Å². The van der Waals surface area contributed by atoms with Crippen molar-refractivity contribution < 1.29 is 24.1 Å². The topological polar surface area (TPSA) is 65.0 Å². The number of aliphatic carboxylic acids is 1. The lowest BCUT2D eigenvalue weighted by atomic mass is 9.80. The minimum Gasteiger partial charge on any atom is -0.481 e. The summed E-state index contributed by atoms with van der Waals surface area (Å²) in [6.07, 6.45) is 4.54. The molecule has 0 aliphatic carbocycles. The van der Waals surface area contributed by atoms with Crippen LogP contribution < -0.4 is 0 Å². The van der Waals surface area contributed by atoms with Gasteiger partial charge in [0.15, 0.2) is 0 Å². The van der Waals surface area contributed by atoms with Crippen LogP contribution in [0.5, 0.6) is 0 Å². The number of rotatable bonds is 11. The minimum atomic E-state index is -0.739. The molecule has 2 fully saturated rings. The van der Waals surface area contributed by atoms with Crippen LogP contribution in [-0.4, -0.2) is 43.1 Å². The molecule has 0 unspecified atom stereocenters. The van der Waals surface area contributed by atoms with Crippen molar-refractivity contribution in [3.63, 3.8) is 0 Å². The van der Waals surface area contributed by atoms with E-state index in [1.807, 2.05) is 18.2 Å². The molecule has 0 aromatic heterocycles. The fourth-order valence-corrected chi connectivity index (χ4v) is 3.92. The zero-order valence-electron chi connectivity index (χ0n) is 14.6. The molecule has 4 atom stereocenters. The van der Waals surface area contributed by atoms with Gasteiger partial charge < -0.3 is 19.3 Å². The number of hydrogen-bond acceptors (Lipinski definition) is 4. The fourth-order valence-electron chi connectivity index (χ4n) is 3.92. The first-order valence-electron chi connectivity index (χ1n) is 9.30. The zero-order valence-corrected chi connectivity index (χ0v) is 14.6. The molecule has 3 rings (SSSR count). The average molecular weight is 348 g/mol. The standard InChI is InChI=1S/C20H28O5/c21-20(22)8-4-5-11-23-13-16-17(19-10-9-18(16)25-19)14-24-12-15-6-2-1-3-7-15/h1-3,6-7,16-19H,4-5,8-14H2,(H,21,22)/t16-,17+,18-,19+/m1/s1. The molecule has 2 bridgehead atoms. The van der Waals surface area contributed by atoms with Crippen LogP contribution >= 0.6 is 0 Å². The molecule has 1 aromatic carbocycles. The molecule has 2 aliphatic heterocycles. The summed E-state index contributed by atoms with van der Waals surface area (Å²) in [5.41, 5.74) is 1.19. The second-order valence-electron chi connectivity index (χ2n) is 7.04. The molecule has 1 N–H and O–H groups in total. The molecular formula is C20H28O5. The molecule has 0 saturated carbocycles. The van der Waals surface area contributed by atoms with E-state index in [1.165, 1.54) is 5.56 Å². The van der Waals surface area contributed by atoms with E-state index in [0.717, 1.165) is 19.3 Å². The Morgan fingerprint density at radius 3 is 2.40 bits per heavy atom. The lowest BCUT2D eigenvalue weighted by molar-refractivity contribution is -0.137. The van der Waals surface area contributed by atoms with E-state index < -0.39 is 5.97 Å². The Labute approximate surface area is 149 Å². The van der Waals surface area contributed by atoms with Crippen LogP contribution in [0.1, 0.15) is 37.7 Å². The maximum Gasteiger partial charge on any atom is 0.303 e. The second-order valence-corrected chi connectivity index (χ2v) is 7.04. The molecule has 0 spiro atoms. The van der Waals surface area contributed by atoms with E-state index >= 15 is 0 Å². The number of ether oxygens (including phenoxy) is 3. The summed E-state index contributed by atoms with van der Waals surface area (Å²) in [5, 5.41) is 8.64. The number of fused-ring (bicyclic) bond motifs is 2. The fraction of sp³-hybridized carbons (Fsp3) is 0.650. The smallest absolute Gasteiger partial charge is 0.303 e. The van der Waals surface area contributed by atoms with Crippen LogP contribution in [0.2, 0.25) is 0 Å². The third kappa shape index (κ3) is 5.27. The van der Waals surface area contributed by atoms with Crippen LogP contribution in [0.4, 0.5) is 0 Å². The highest BCUT2D eigenvalue weighted by Gasteiger charge is 2.48. The Hall–Kier alpha value is -1.43. The van der Waals surface area contributed by atoms with Gasteiger partial charge in [0.25, 0.3) is 0 Å². The van der Waals surface area contributed by atoms with E-state index in [1.54, 1.807) is 0 Å². The van der Waals surface area contributed by atoms with Crippen LogP contribution in [0.25, 0.3) is 0 Å². The molecule has 2 heterocycles. The first-order valence-corrected chi connectivity index (χ1v) is 9.30. The second kappa shape index (κ2) is 9.32. The van der Waals surface area contributed by atoms with Crippen molar-refractivity contribution in [2.45, 2.75) is 50.9 Å². The first-order chi connectivity index (χ1) is 12.2. The number of hydrogen-bond donors (Lipinski definition) is 1. The van der Waals surface area contributed by atoms with Crippen molar-refractivity contribution in [2.75, 3.05) is 19.8 Å². The number of unbranched alkanes of at least 4 members (excludes halogenated alkanes) is 1. The molecule has 0 amide bonds. The molecule has 0 radical (unpaired) electrons. The maximum absolute atomic E-state index is 10.5. The van der Waals surface area contributed by atoms with E-state index in [2.05, 4.69) is 12.1 Å². The van der Waals surface area contributed by atoms with Crippen molar-refractivity contribution in [3.05, 3.63) is 35.9 Å². The predicted octanol–water partition coefficient (Wildman–Crippen LogP) is 3.27. The van der Waals surface area contributed by atoms with Crippen molar-refractivity contribution in [1.29, 1.82) is 0 Å². The van der Waals surface area contributed by atoms with Gasteiger partial charge in [-0.25, -0.2) is 0 Å². The minimum absolute atomic E-state index is 0.219. The number of carboxylic acid groups (broad SMARTS) is 1. The highest BCUT2D eigenvalue weighted by Crippen LogP contribution is 2.43. The van der Waals surface area contributed by atoms with E-state index in [-0.39, 0.29) is 6.42 Å². The predicted molar refractivity (Wildman–Crippen MR) is 93.3 cm³/mol. The maximum atomic E-state index is 10.5. The Bertz CT molecular complexity index is 532. The lowest BCUT2D eigenvalue weighted by Crippen LogP contribution is -2.34. The van der Waals surface area contributed by atoms with Gasteiger partial charge in [-0.15, -0.1) is 0 Å². The van der Waals surface area contributed by atoms with Crippen LogP contribution in [0.3, 0.4) is 0 Å². The summed E-state index contributed by atoms with van der Waals surface area (Å²) in [6.45, 7) is 2.66. The van der Waals surface area contributed by atoms with Gasteiger partial charge in [0.05, 0.1) is 32.0 Å². The van der Waals surface area contributed by atoms with E-state index in [4.69, 9.17) is 19.3 Å². The largest absolute Gasteiger partial charge is 0.481 e. The molecule has 5 nitrogen and oxygen atoms in total. The highest BCUT2D eigenvalue weighted by molar-refractivity contribution is 5.66. The van der Waals surface area contributed by atoms with Gasteiger partial charge in [-0.2, -0.15) is 0 Å². The molecule has 5 heteroatoms. The summed E-state index contributed by atoms with van der Waals surface area (Å²) in [7, 11) is 0. The van der Waals surface area contributed by atoms with Gasteiger partial charge in [-0.1, -0.05) is 30.3 Å². The van der Waals surface area contributed by atoms with Gasteiger partial charge in [0.1, 0.15) is 0 Å². The summed E-state index contributed by atoms with van der Waals surface area (Å²) >= 11 is 0. The van der Waals surface area contributed by atoms with Gasteiger partial charge >= 0.3 is 5.97 Å². The lowest BCUT2D eigenvalue weighted by Gasteiger charge is -2.27. The molecule has 138 valence electrons. The van der Waals surface area contributed by atoms with E-state index in [9.17, 15) is 4.79 Å². The quantitative estimate of drug-likeness (QED) is 0.622. The zero-order chi connectivity index (χ0) is 17.5. The molecule has 25 heavy (non-hydrogen) atoms. The van der Waals surface area contributed by atoms with E-state index in [0.29, 0.717) is 56.9 Å². The van der Waals surface area contributed by atoms with Gasteiger partial charge in [-0.3, -0.25) is 4.79 Å². The number of carboxylic acids is 1. The van der Waals surface area contributed by atoms with Crippen molar-refractivity contribution >= 4 is 5.97 Å². The Morgan fingerprint density at radius 1 is 1.04 bits per heavy atom. The summed E-state index contributed by atoms with van der Waals surface area (Å²) in [6, 6.07) is 10.2. The summed E-state index contributed by atoms with van der Waals surface area (Å²) in [4.78, 5) is 10.5. The van der Waals surface area contributed by atoms with Crippen molar-refractivity contribution in [1.82, 2.24) is 0 Å². The normalized spacial score (nSPS) is 27.7. The van der Waals surface area contributed by atoms with Crippen LogP contribution in [0.15, 0.2) is 30.3 Å². The summed E-state index contributed by atoms with van der Waals surface area (Å²) < 4.78 is 17.8. The third-order valence-electron chi connectivity index (χ3n) is 5.25. The monoisotopic (exact) mass is 348 g/mol. The number of carbonyl (C=O) groups is 1. The molecular weight excluding hydrogens is 320 g/mol. The highest BCUT2D eigenvalue weighted by atomic mass is 16.5. The van der Waals surface area contributed by atoms with Gasteiger partial charge in [-0.05, 0) is 31.2 Å². The SMILES string of the molecule is O=C(O)CCCCOC[C@@H]1[C@H](COCc2ccccc2)[C@@H]2CC[C@H]1O2. The third-order valence-corrected chi connectivity index (χ3v) is 5.25. The van der Waals surface area contributed by atoms with Gasteiger partial charge in [0.2, 0.25) is 0 Å². The first kappa shape index (κ1) is 18.4. The summed E-state index contributed by atoms with van der Waals surface area (Å²) in [5.74, 6) is 0.0626. The molecule has 2 saturated heterocycles. The van der Waals surface area contributed by atoms with Crippen LogP contribution in [-0.2, 0) is 25.6 Å². The average Bonchev–Trinajstić information content (AvgIpc) is 3.21. The number of benzene rings is 1.